The molecule has 0 saturated carbocycles. The van der Waals surface area contributed by atoms with E-state index in [1.807, 2.05) is 24.3 Å². The normalized spacial score (nSPS) is 19.1. The molecule has 0 aliphatic carbocycles. The lowest BCUT2D eigenvalue weighted by molar-refractivity contribution is -0.907. The van der Waals surface area contributed by atoms with E-state index in [9.17, 15) is 14.4 Å². The zero-order chi connectivity index (χ0) is 18.0. The maximum atomic E-state index is 12.2. The van der Waals surface area contributed by atoms with E-state index < -0.39 is 17.8 Å². The maximum Gasteiger partial charge on any atom is 0.338 e. The van der Waals surface area contributed by atoms with Gasteiger partial charge in [0.2, 0.25) is 0 Å². The largest absolute Gasteiger partial charge is 0.497 e. The van der Waals surface area contributed by atoms with Gasteiger partial charge in [0, 0.05) is 12.2 Å². The van der Waals surface area contributed by atoms with Gasteiger partial charge in [0.1, 0.15) is 5.75 Å². The van der Waals surface area contributed by atoms with Gasteiger partial charge < -0.3 is 14.5 Å². The van der Waals surface area contributed by atoms with Crippen molar-refractivity contribution in [2.75, 3.05) is 51.4 Å². The van der Waals surface area contributed by atoms with Crippen molar-refractivity contribution in [3.63, 3.8) is 0 Å². The van der Waals surface area contributed by atoms with Crippen molar-refractivity contribution in [2.45, 2.75) is 6.92 Å². The Morgan fingerprint density at radius 2 is 1.60 bits per heavy atom. The van der Waals surface area contributed by atoms with Crippen molar-refractivity contribution in [1.29, 1.82) is 0 Å². The zero-order valence-corrected chi connectivity index (χ0v) is 14.5. The molecule has 2 aliphatic heterocycles. The molecule has 0 unspecified atom stereocenters. The third-order valence-electron chi connectivity index (χ3n) is 4.74. The molecular formula is C17H23N4O4+. The van der Waals surface area contributed by atoms with Gasteiger partial charge in [-0.1, -0.05) is 0 Å². The van der Waals surface area contributed by atoms with E-state index in [0.29, 0.717) is 0 Å². The summed E-state index contributed by atoms with van der Waals surface area (Å²) in [6.07, 6.45) is 0. The van der Waals surface area contributed by atoms with Crippen LogP contribution in [-0.2, 0) is 9.59 Å². The Morgan fingerprint density at radius 1 is 1.00 bits per heavy atom. The van der Waals surface area contributed by atoms with E-state index in [1.54, 1.807) is 14.0 Å². The third kappa shape index (κ3) is 3.30. The molecule has 1 aromatic carbocycles. The molecular weight excluding hydrogens is 324 g/mol. The summed E-state index contributed by atoms with van der Waals surface area (Å²) >= 11 is 0. The van der Waals surface area contributed by atoms with E-state index in [2.05, 4.69) is 4.90 Å². The van der Waals surface area contributed by atoms with E-state index in [1.165, 1.54) is 0 Å². The van der Waals surface area contributed by atoms with E-state index in [4.69, 9.17) is 4.74 Å². The summed E-state index contributed by atoms with van der Waals surface area (Å²) in [5, 5.41) is 0. The molecule has 2 aliphatic rings. The van der Waals surface area contributed by atoms with Crippen molar-refractivity contribution in [1.82, 2.24) is 9.80 Å². The summed E-state index contributed by atoms with van der Waals surface area (Å²) < 4.78 is 5.17. The van der Waals surface area contributed by atoms with Crippen LogP contribution in [0.5, 0.6) is 5.75 Å². The van der Waals surface area contributed by atoms with Crippen LogP contribution in [0.4, 0.5) is 10.5 Å². The molecule has 0 bridgehead atoms. The minimum absolute atomic E-state index is 0.223. The number of imide groups is 2. The highest BCUT2D eigenvalue weighted by molar-refractivity contribution is 6.44. The van der Waals surface area contributed by atoms with E-state index in [0.717, 1.165) is 52.3 Å². The van der Waals surface area contributed by atoms with Crippen LogP contribution in [0.1, 0.15) is 6.92 Å². The number of amides is 4. The summed E-state index contributed by atoms with van der Waals surface area (Å²) in [5.74, 6) is -0.607. The van der Waals surface area contributed by atoms with Crippen LogP contribution in [0, 0.1) is 0 Å². The molecule has 25 heavy (non-hydrogen) atoms. The van der Waals surface area contributed by atoms with Gasteiger partial charge in [-0.25, -0.2) is 9.69 Å². The molecule has 8 nitrogen and oxygen atoms in total. The molecule has 0 radical (unpaired) electrons. The number of ether oxygens (including phenoxy) is 1. The van der Waals surface area contributed by atoms with Gasteiger partial charge in [-0.15, -0.1) is 0 Å². The highest BCUT2D eigenvalue weighted by Gasteiger charge is 2.45. The molecule has 134 valence electrons. The first kappa shape index (κ1) is 17.2. The number of benzene rings is 1. The third-order valence-corrected chi connectivity index (χ3v) is 4.74. The number of nitrogens with zero attached hydrogens (tertiary/aromatic N) is 3. The molecule has 4 amide bonds. The van der Waals surface area contributed by atoms with Gasteiger partial charge in [0.25, 0.3) is 0 Å². The maximum absolute atomic E-state index is 12.2. The Morgan fingerprint density at radius 3 is 2.12 bits per heavy atom. The second-order valence-corrected chi connectivity index (χ2v) is 6.16. The number of methoxy groups -OCH3 is 1. The lowest BCUT2D eigenvalue weighted by Gasteiger charge is -2.34. The fourth-order valence-electron chi connectivity index (χ4n) is 3.22. The quantitative estimate of drug-likeness (QED) is 0.556. The van der Waals surface area contributed by atoms with Crippen LogP contribution in [0.3, 0.4) is 0 Å². The highest BCUT2D eigenvalue weighted by atomic mass is 16.5. The minimum Gasteiger partial charge on any atom is -0.497 e. The molecule has 0 spiro atoms. The van der Waals surface area contributed by atoms with Crippen LogP contribution in [0.25, 0.3) is 0 Å². The van der Waals surface area contributed by atoms with E-state index in [-0.39, 0.29) is 13.2 Å². The van der Waals surface area contributed by atoms with Crippen LogP contribution in [-0.4, -0.2) is 74.1 Å². The van der Waals surface area contributed by atoms with Gasteiger partial charge in [-0.3, -0.25) is 14.5 Å². The topological polar surface area (TPSA) is 74.6 Å². The smallest absolute Gasteiger partial charge is 0.338 e. The standard InChI is InChI=1S/C17H22N4O4/c1-3-20-15(22)16(23)21(17(20)24)12-18-8-10-19(11-9-18)13-4-6-14(25-2)7-5-13/h4-7H,3,8-12H2,1-2H3/p+1. The fraction of sp³-hybridized carbons (Fsp3) is 0.471. The predicted molar refractivity (Wildman–Crippen MR) is 90.4 cm³/mol. The summed E-state index contributed by atoms with van der Waals surface area (Å²) in [6.45, 7) is 5.39. The lowest BCUT2D eigenvalue weighted by atomic mass is 10.2. The van der Waals surface area contributed by atoms with Crippen LogP contribution >= 0.6 is 0 Å². The second kappa shape index (κ2) is 7.10. The predicted octanol–water partition coefficient (Wildman–Crippen LogP) is -0.832. The van der Waals surface area contributed by atoms with Crippen LogP contribution in [0.15, 0.2) is 24.3 Å². The minimum atomic E-state index is -0.719. The number of hydrogen-bond donors (Lipinski definition) is 1. The Kier molecular flexibility index (Phi) is 4.89. The number of piperazine rings is 1. The number of rotatable bonds is 5. The Bertz CT molecular complexity index is 668. The van der Waals surface area contributed by atoms with Gasteiger partial charge in [-0.2, -0.15) is 0 Å². The SMILES string of the molecule is CCN1C(=O)C(=O)N(C[NH+]2CCN(c3ccc(OC)cc3)CC2)C1=O. The molecule has 3 rings (SSSR count). The van der Waals surface area contributed by atoms with Crippen molar-refractivity contribution >= 4 is 23.5 Å². The number of quaternary nitrogens is 1. The van der Waals surface area contributed by atoms with Gasteiger partial charge in [-0.05, 0) is 31.2 Å². The van der Waals surface area contributed by atoms with Crippen LogP contribution < -0.4 is 14.5 Å². The number of carbonyl (C=O) groups excluding carboxylic acids is 3. The molecule has 2 heterocycles. The number of anilines is 1. The number of nitrogens with one attached hydrogen (secondary N) is 1. The summed E-state index contributed by atoms with van der Waals surface area (Å²) in [4.78, 5) is 41.4. The average Bonchev–Trinajstić information content (AvgIpc) is 2.85. The number of likely N-dealkylation sites (N-methyl/N-ethyl adjacent to an activating group) is 1. The van der Waals surface area contributed by atoms with Crippen molar-refractivity contribution in [3.05, 3.63) is 24.3 Å². The molecule has 2 fully saturated rings. The van der Waals surface area contributed by atoms with E-state index >= 15 is 0 Å². The molecule has 0 atom stereocenters. The summed E-state index contributed by atoms with van der Waals surface area (Å²) in [7, 11) is 1.64. The molecule has 1 aromatic rings. The van der Waals surface area contributed by atoms with Gasteiger partial charge >= 0.3 is 17.8 Å². The first-order valence-corrected chi connectivity index (χ1v) is 8.45. The van der Waals surface area contributed by atoms with Crippen molar-refractivity contribution in [2.24, 2.45) is 0 Å². The number of hydrogen-bond acceptors (Lipinski definition) is 5. The first-order chi connectivity index (χ1) is 12.0. The number of carbonyl (C=O) groups is 3. The second-order valence-electron chi connectivity index (χ2n) is 6.16. The fourth-order valence-corrected chi connectivity index (χ4v) is 3.22. The monoisotopic (exact) mass is 347 g/mol. The average molecular weight is 347 g/mol. The molecule has 0 aromatic heterocycles. The molecule has 1 N–H and O–H groups in total. The van der Waals surface area contributed by atoms with Crippen molar-refractivity contribution in [3.8, 4) is 5.75 Å². The highest BCUT2D eigenvalue weighted by Crippen LogP contribution is 2.19. The van der Waals surface area contributed by atoms with Gasteiger partial charge in [0.15, 0.2) is 6.67 Å². The molecule has 8 heteroatoms. The Labute approximate surface area is 146 Å². The lowest BCUT2D eigenvalue weighted by Crippen LogP contribution is -3.16. The molecule has 2 saturated heterocycles. The Balaban J connectivity index is 1.56. The summed E-state index contributed by atoms with van der Waals surface area (Å²) in [5.41, 5.74) is 1.13. The zero-order valence-electron chi connectivity index (χ0n) is 14.5. The number of urea groups is 1. The van der Waals surface area contributed by atoms with Crippen LogP contribution in [0.2, 0.25) is 0 Å². The van der Waals surface area contributed by atoms with Crippen molar-refractivity contribution < 1.29 is 24.0 Å². The van der Waals surface area contributed by atoms with Gasteiger partial charge in [0.05, 0.1) is 33.3 Å². The first-order valence-electron chi connectivity index (χ1n) is 8.45. The Hall–Kier alpha value is -2.61. The summed E-state index contributed by atoms with van der Waals surface area (Å²) in [6, 6.07) is 7.41.